The highest BCUT2D eigenvalue weighted by molar-refractivity contribution is 5.91. The Morgan fingerprint density at radius 1 is 1.14 bits per heavy atom. The minimum Gasteiger partial charge on any atom is -0.115 e. The maximum atomic E-state index is 5.51. The van der Waals surface area contributed by atoms with Crippen molar-refractivity contribution in [3.63, 3.8) is 0 Å². The van der Waals surface area contributed by atoms with Crippen molar-refractivity contribution in [3.05, 3.63) is 70.8 Å². The monoisotopic (exact) mass is 274 g/mol. The van der Waals surface area contributed by atoms with Crippen LogP contribution in [0.15, 0.2) is 54.2 Å². The first-order chi connectivity index (χ1) is 10.1. The molecule has 0 saturated heterocycles. The Hall–Kier alpha value is -2.26. The zero-order valence-corrected chi connectivity index (χ0v) is 13.3. The molecule has 1 aromatic carbocycles. The summed E-state index contributed by atoms with van der Waals surface area (Å²) in [4.78, 5) is 0. The minimum absolute atomic E-state index is 0.00277. The third-order valence-corrected chi connectivity index (χ3v) is 4.08. The quantitative estimate of drug-likeness (QED) is 0.491. The van der Waals surface area contributed by atoms with E-state index in [-0.39, 0.29) is 5.41 Å². The van der Waals surface area contributed by atoms with Crippen molar-refractivity contribution >= 4 is 11.6 Å². The second kappa shape index (κ2) is 6.02. The molecule has 0 fully saturated rings. The molecule has 0 amide bonds. The van der Waals surface area contributed by atoms with Gasteiger partial charge in [0.2, 0.25) is 0 Å². The molecule has 0 heterocycles. The number of terminal acetylenes is 1. The van der Waals surface area contributed by atoms with Crippen LogP contribution in [0.2, 0.25) is 0 Å². The van der Waals surface area contributed by atoms with Gasteiger partial charge in [-0.15, -0.1) is 6.42 Å². The van der Waals surface area contributed by atoms with Crippen LogP contribution in [-0.2, 0) is 5.41 Å². The molecule has 0 atom stereocenters. The van der Waals surface area contributed by atoms with Crippen LogP contribution in [0.5, 0.6) is 0 Å². The molecule has 0 saturated carbocycles. The third kappa shape index (κ3) is 2.65. The van der Waals surface area contributed by atoms with Gasteiger partial charge in [-0.3, -0.25) is 0 Å². The van der Waals surface area contributed by atoms with Crippen LogP contribution in [0, 0.1) is 12.3 Å². The highest BCUT2D eigenvalue weighted by Gasteiger charge is 2.37. The standard InChI is InChI=1S/C21H22/c1-6-9-10-12-16-13-14-18-17(11-7-2)19(8-3)21(4,5)20(18)15-16/h2,6,8-15H,1,3-5H3/b9-6-,12-10-,17-11-,19-8+. The van der Waals surface area contributed by atoms with Gasteiger partial charge >= 0.3 is 0 Å². The summed E-state index contributed by atoms with van der Waals surface area (Å²) >= 11 is 0. The minimum atomic E-state index is -0.00277. The predicted octanol–water partition coefficient (Wildman–Crippen LogP) is 5.53. The van der Waals surface area contributed by atoms with Gasteiger partial charge in [0, 0.05) is 5.41 Å². The van der Waals surface area contributed by atoms with Crippen LogP contribution in [0.1, 0.15) is 44.4 Å². The van der Waals surface area contributed by atoms with Crippen LogP contribution in [0.25, 0.3) is 11.6 Å². The summed E-state index contributed by atoms with van der Waals surface area (Å²) in [5.74, 6) is 2.68. The van der Waals surface area contributed by atoms with E-state index < -0.39 is 0 Å². The fourth-order valence-corrected chi connectivity index (χ4v) is 3.08. The van der Waals surface area contributed by atoms with Crippen LogP contribution < -0.4 is 0 Å². The van der Waals surface area contributed by atoms with E-state index in [0.717, 1.165) is 0 Å². The molecule has 106 valence electrons. The van der Waals surface area contributed by atoms with E-state index in [0.29, 0.717) is 0 Å². The van der Waals surface area contributed by atoms with Crippen LogP contribution >= 0.6 is 0 Å². The Morgan fingerprint density at radius 3 is 2.52 bits per heavy atom. The Balaban J connectivity index is 2.60. The van der Waals surface area contributed by atoms with E-state index in [1.54, 1.807) is 0 Å². The summed E-state index contributed by atoms with van der Waals surface area (Å²) in [5.41, 5.74) is 6.32. The smallest absolute Gasteiger partial charge is 0.0156 e. The van der Waals surface area contributed by atoms with Gasteiger partial charge in [0.1, 0.15) is 0 Å². The zero-order chi connectivity index (χ0) is 15.5. The molecule has 0 spiro atoms. The Bertz CT molecular complexity index is 698. The second-order valence-corrected chi connectivity index (χ2v) is 5.74. The molecule has 0 unspecified atom stereocenters. The van der Waals surface area contributed by atoms with Gasteiger partial charge in [-0.25, -0.2) is 0 Å². The number of hydrogen-bond donors (Lipinski definition) is 0. The van der Waals surface area contributed by atoms with Crippen molar-refractivity contribution in [2.45, 2.75) is 33.1 Å². The van der Waals surface area contributed by atoms with Gasteiger partial charge in [0.05, 0.1) is 0 Å². The lowest BCUT2D eigenvalue weighted by Crippen LogP contribution is -2.15. The number of fused-ring (bicyclic) bond motifs is 1. The molecule has 1 aliphatic carbocycles. The molecule has 0 heteroatoms. The summed E-state index contributed by atoms with van der Waals surface area (Å²) < 4.78 is 0. The summed E-state index contributed by atoms with van der Waals surface area (Å²) in [6.45, 7) is 8.63. The SMILES string of the molecule is C#C/C=C1\C(=C/C)C(C)(C)c2cc(/C=C\C=C/C)ccc21. The van der Waals surface area contributed by atoms with E-state index in [1.165, 1.54) is 27.8 Å². The maximum Gasteiger partial charge on any atom is 0.0156 e. The summed E-state index contributed by atoms with van der Waals surface area (Å²) in [6, 6.07) is 6.61. The average Bonchev–Trinajstić information content (AvgIpc) is 2.67. The van der Waals surface area contributed by atoms with Crippen molar-refractivity contribution in [2.24, 2.45) is 0 Å². The topological polar surface area (TPSA) is 0 Å². The lowest BCUT2D eigenvalue weighted by Gasteiger charge is -2.22. The zero-order valence-electron chi connectivity index (χ0n) is 13.3. The van der Waals surface area contributed by atoms with Gasteiger partial charge in [0.25, 0.3) is 0 Å². The predicted molar refractivity (Wildman–Crippen MR) is 93.9 cm³/mol. The summed E-state index contributed by atoms with van der Waals surface area (Å²) in [6.07, 6.45) is 17.8. The molecule has 0 nitrogen and oxygen atoms in total. The Labute approximate surface area is 128 Å². The first-order valence-corrected chi connectivity index (χ1v) is 7.34. The van der Waals surface area contributed by atoms with Crippen molar-refractivity contribution in [1.29, 1.82) is 0 Å². The molecular formula is C21H22. The fourth-order valence-electron chi connectivity index (χ4n) is 3.08. The van der Waals surface area contributed by atoms with E-state index in [9.17, 15) is 0 Å². The molecular weight excluding hydrogens is 252 g/mol. The molecule has 2 rings (SSSR count). The third-order valence-electron chi connectivity index (χ3n) is 4.08. The van der Waals surface area contributed by atoms with Gasteiger partial charge in [-0.05, 0) is 47.8 Å². The molecule has 0 aromatic heterocycles. The molecule has 0 radical (unpaired) electrons. The van der Waals surface area contributed by atoms with Crippen molar-refractivity contribution < 1.29 is 0 Å². The van der Waals surface area contributed by atoms with Crippen molar-refractivity contribution in [2.75, 3.05) is 0 Å². The molecule has 1 aliphatic rings. The average molecular weight is 274 g/mol. The van der Waals surface area contributed by atoms with Crippen LogP contribution in [0.3, 0.4) is 0 Å². The van der Waals surface area contributed by atoms with Gasteiger partial charge in [-0.2, -0.15) is 0 Å². The summed E-state index contributed by atoms with van der Waals surface area (Å²) in [7, 11) is 0. The number of hydrogen-bond acceptors (Lipinski definition) is 0. The van der Waals surface area contributed by atoms with E-state index in [1.807, 2.05) is 25.2 Å². The van der Waals surface area contributed by atoms with Crippen molar-refractivity contribution in [1.82, 2.24) is 0 Å². The van der Waals surface area contributed by atoms with Gasteiger partial charge in [-0.1, -0.05) is 68.3 Å². The van der Waals surface area contributed by atoms with Crippen LogP contribution in [-0.4, -0.2) is 0 Å². The Morgan fingerprint density at radius 2 is 1.90 bits per heavy atom. The van der Waals surface area contributed by atoms with Crippen LogP contribution in [0.4, 0.5) is 0 Å². The van der Waals surface area contributed by atoms with E-state index >= 15 is 0 Å². The van der Waals surface area contributed by atoms with Crippen molar-refractivity contribution in [3.8, 4) is 12.3 Å². The molecule has 0 aliphatic heterocycles. The molecule has 1 aromatic rings. The number of benzene rings is 1. The largest absolute Gasteiger partial charge is 0.115 e. The van der Waals surface area contributed by atoms with Gasteiger partial charge in [0.15, 0.2) is 0 Å². The second-order valence-electron chi connectivity index (χ2n) is 5.74. The molecule has 0 bridgehead atoms. The fraction of sp³-hybridized carbons (Fsp3) is 0.238. The van der Waals surface area contributed by atoms with Gasteiger partial charge < -0.3 is 0 Å². The normalized spacial score (nSPS) is 20.5. The number of allylic oxidation sites excluding steroid dienone is 7. The first-order valence-electron chi connectivity index (χ1n) is 7.34. The lowest BCUT2D eigenvalue weighted by atomic mass is 9.81. The summed E-state index contributed by atoms with van der Waals surface area (Å²) in [5, 5.41) is 0. The first kappa shape index (κ1) is 15.1. The number of rotatable bonds is 2. The Kier molecular flexibility index (Phi) is 4.34. The highest BCUT2D eigenvalue weighted by Crippen LogP contribution is 2.49. The van der Waals surface area contributed by atoms with E-state index in [4.69, 9.17) is 6.42 Å². The molecule has 0 N–H and O–H groups in total. The highest BCUT2D eigenvalue weighted by atomic mass is 14.4. The molecule has 21 heavy (non-hydrogen) atoms. The van der Waals surface area contributed by atoms with E-state index in [2.05, 4.69) is 63.1 Å². The maximum absolute atomic E-state index is 5.51. The lowest BCUT2D eigenvalue weighted by molar-refractivity contribution is 0.659.